The van der Waals surface area contributed by atoms with E-state index in [9.17, 15) is 0 Å². The average molecular weight is 184 g/mol. The highest BCUT2D eigenvalue weighted by molar-refractivity contribution is 7.81. The van der Waals surface area contributed by atoms with Gasteiger partial charge in [-0.25, -0.2) is 0 Å². The molecule has 0 bridgehead atoms. The summed E-state index contributed by atoms with van der Waals surface area (Å²) in [6.45, 7) is 0. The predicted molar refractivity (Wildman–Crippen MR) is 48.4 cm³/mol. The third-order valence-corrected chi connectivity index (χ3v) is 1.98. The molecule has 0 aromatic carbocycles. The summed E-state index contributed by atoms with van der Waals surface area (Å²) in [6, 6.07) is 0. The number of fused-ring (bicyclic) bond motifs is 1. The molecule has 1 fully saturated rings. The molecular formula is C7H4O2S2. The summed E-state index contributed by atoms with van der Waals surface area (Å²) in [6.07, 6.45) is 5.19. The Balaban J connectivity index is 2.35. The topological polar surface area (TPSA) is 18.5 Å². The lowest BCUT2D eigenvalue weighted by Gasteiger charge is -2.08. The molecule has 11 heavy (non-hydrogen) atoms. The Morgan fingerprint density at radius 2 is 2.18 bits per heavy atom. The number of hydrogen-bond acceptors (Lipinski definition) is 4. The van der Waals surface area contributed by atoms with Gasteiger partial charge >= 0.3 is 5.24 Å². The average Bonchev–Trinajstić information content (AvgIpc) is 2.31. The van der Waals surface area contributed by atoms with Crippen LogP contribution in [0.25, 0.3) is 0 Å². The first-order valence-electron chi connectivity index (χ1n) is 3.08. The van der Waals surface area contributed by atoms with E-state index in [1.165, 1.54) is 0 Å². The predicted octanol–water partition coefficient (Wildman–Crippen LogP) is 1.51. The van der Waals surface area contributed by atoms with Crippen LogP contribution >= 0.6 is 24.4 Å². The second-order valence-electron chi connectivity index (χ2n) is 2.18. The summed E-state index contributed by atoms with van der Waals surface area (Å²) in [5, 5.41) is 0.160. The lowest BCUT2D eigenvalue weighted by Crippen LogP contribution is -2.19. The Kier molecular flexibility index (Phi) is 1.51. The molecule has 2 rings (SSSR count). The van der Waals surface area contributed by atoms with Crippen LogP contribution < -0.4 is 0 Å². The normalized spacial score (nSPS) is 27.3. The van der Waals surface area contributed by atoms with Crippen molar-refractivity contribution in [2.24, 2.45) is 0 Å². The van der Waals surface area contributed by atoms with Gasteiger partial charge in [0.15, 0.2) is 11.9 Å². The van der Waals surface area contributed by atoms with Crippen LogP contribution in [0.1, 0.15) is 0 Å². The van der Waals surface area contributed by atoms with Gasteiger partial charge in [0.1, 0.15) is 0 Å². The molecule has 0 radical (unpaired) electrons. The van der Waals surface area contributed by atoms with Crippen molar-refractivity contribution in [1.82, 2.24) is 0 Å². The fourth-order valence-corrected chi connectivity index (χ4v) is 1.41. The third kappa shape index (κ3) is 1.08. The molecule has 1 atom stereocenters. The molecule has 1 unspecified atom stereocenters. The zero-order valence-corrected chi connectivity index (χ0v) is 7.08. The van der Waals surface area contributed by atoms with E-state index >= 15 is 0 Å². The Morgan fingerprint density at radius 3 is 2.91 bits per heavy atom. The van der Waals surface area contributed by atoms with Crippen LogP contribution in [0.2, 0.25) is 0 Å². The molecule has 0 aromatic rings. The standard InChI is InChI=1S/C7H4O2S2/c10-5-3-1-2-4-6(5)9-7(11)8-4/h1-3,6H. The van der Waals surface area contributed by atoms with Crippen molar-refractivity contribution < 1.29 is 9.47 Å². The molecule has 1 aliphatic heterocycles. The Hall–Kier alpha value is -0.740. The van der Waals surface area contributed by atoms with Crippen LogP contribution in [0.15, 0.2) is 24.0 Å². The highest BCUT2D eigenvalue weighted by Crippen LogP contribution is 2.23. The van der Waals surface area contributed by atoms with Crippen LogP contribution in [0.4, 0.5) is 0 Å². The van der Waals surface area contributed by atoms with E-state index < -0.39 is 0 Å². The van der Waals surface area contributed by atoms with E-state index in [-0.39, 0.29) is 11.3 Å². The van der Waals surface area contributed by atoms with Crippen molar-refractivity contribution in [2.75, 3.05) is 0 Å². The Bertz CT molecular complexity index is 291. The fraction of sp³-hybridized carbons (Fsp3) is 0.143. The number of hydrogen-bond donors (Lipinski definition) is 0. The first-order chi connectivity index (χ1) is 5.27. The molecule has 0 spiro atoms. The molecule has 1 heterocycles. The molecule has 56 valence electrons. The third-order valence-electron chi connectivity index (χ3n) is 1.45. The van der Waals surface area contributed by atoms with Crippen molar-refractivity contribution in [3.63, 3.8) is 0 Å². The van der Waals surface area contributed by atoms with E-state index in [0.29, 0.717) is 10.6 Å². The van der Waals surface area contributed by atoms with Gasteiger partial charge in [-0.15, -0.1) is 0 Å². The number of allylic oxidation sites excluding steroid dienone is 2. The van der Waals surface area contributed by atoms with Crippen LogP contribution in [0.5, 0.6) is 0 Å². The minimum absolute atomic E-state index is 0.160. The summed E-state index contributed by atoms with van der Waals surface area (Å²) >= 11 is 9.72. The number of rotatable bonds is 0. The maximum absolute atomic E-state index is 5.13. The summed E-state index contributed by atoms with van der Waals surface area (Å²) in [4.78, 5) is 0.711. The van der Waals surface area contributed by atoms with Crippen molar-refractivity contribution in [3.05, 3.63) is 24.0 Å². The number of thiocarbonyl (C=S) groups is 2. The summed E-state index contributed by atoms with van der Waals surface area (Å²) in [7, 11) is 0. The zero-order chi connectivity index (χ0) is 7.84. The molecule has 0 saturated carbocycles. The van der Waals surface area contributed by atoms with Crippen molar-refractivity contribution in [1.29, 1.82) is 0 Å². The fourth-order valence-electron chi connectivity index (χ4n) is 0.973. The Labute approximate surface area is 74.5 Å². The molecule has 0 amide bonds. The van der Waals surface area contributed by atoms with Crippen molar-refractivity contribution in [3.8, 4) is 0 Å². The van der Waals surface area contributed by atoms with E-state index in [1.807, 2.05) is 6.08 Å². The first kappa shape index (κ1) is 6.94. The molecule has 0 aromatic heterocycles. The molecule has 0 N–H and O–H groups in total. The quantitative estimate of drug-likeness (QED) is 0.531. The van der Waals surface area contributed by atoms with Gasteiger partial charge in [0.25, 0.3) is 0 Å². The van der Waals surface area contributed by atoms with E-state index in [0.717, 1.165) is 0 Å². The second-order valence-corrected chi connectivity index (χ2v) is 2.99. The Morgan fingerprint density at radius 1 is 1.36 bits per heavy atom. The van der Waals surface area contributed by atoms with Gasteiger partial charge in [0.2, 0.25) is 0 Å². The van der Waals surface area contributed by atoms with Crippen LogP contribution in [-0.4, -0.2) is 16.2 Å². The molecule has 4 heteroatoms. The first-order valence-corrected chi connectivity index (χ1v) is 3.89. The molecule has 2 aliphatic rings. The van der Waals surface area contributed by atoms with Crippen LogP contribution in [0.3, 0.4) is 0 Å². The maximum atomic E-state index is 5.13. The van der Waals surface area contributed by atoms with E-state index in [4.69, 9.17) is 33.9 Å². The van der Waals surface area contributed by atoms with Gasteiger partial charge in [-0.05, 0) is 12.2 Å². The molecular weight excluding hydrogens is 180 g/mol. The largest absolute Gasteiger partial charge is 0.439 e. The monoisotopic (exact) mass is 184 g/mol. The van der Waals surface area contributed by atoms with Crippen molar-refractivity contribution in [2.45, 2.75) is 6.10 Å². The highest BCUT2D eigenvalue weighted by atomic mass is 32.1. The molecule has 1 aliphatic carbocycles. The van der Waals surface area contributed by atoms with Crippen molar-refractivity contribution >= 4 is 34.5 Å². The van der Waals surface area contributed by atoms with E-state index in [1.54, 1.807) is 12.2 Å². The highest BCUT2D eigenvalue weighted by Gasteiger charge is 2.32. The van der Waals surface area contributed by atoms with Gasteiger partial charge < -0.3 is 9.47 Å². The zero-order valence-electron chi connectivity index (χ0n) is 5.44. The number of ether oxygens (including phenoxy) is 2. The minimum atomic E-state index is -0.248. The lowest BCUT2D eigenvalue weighted by molar-refractivity contribution is 0.319. The van der Waals surface area contributed by atoms with Gasteiger partial charge in [-0.3, -0.25) is 0 Å². The second kappa shape index (κ2) is 2.39. The van der Waals surface area contributed by atoms with Gasteiger partial charge in [0.05, 0.1) is 4.86 Å². The van der Waals surface area contributed by atoms with Gasteiger partial charge in [0, 0.05) is 12.2 Å². The SMILES string of the molecule is S=C1OC2=CC=CC(=S)C2O1. The van der Waals surface area contributed by atoms with E-state index in [2.05, 4.69) is 0 Å². The lowest BCUT2D eigenvalue weighted by atomic mass is 10.1. The van der Waals surface area contributed by atoms with Gasteiger partial charge in [-0.2, -0.15) is 0 Å². The van der Waals surface area contributed by atoms with Gasteiger partial charge in [-0.1, -0.05) is 18.3 Å². The summed E-state index contributed by atoms with van der Waals surface area (Å²) in [5.74, 6) is 0.697. The smallest absolute Gasteiger partial charge is 0.358 e. The summed E-state index contributed by atoms with van der Waals surface area (Å²) < 4.78 is 10.2. The molecule has 1 saturated heterocycles. The minimum Gasteiger partial charge on any atom is -0.439 e. The van der Waals surface area contributed by atoms with Crippen LogP contribution in [-0.2, 0) is 9.47 Å². The molecule has 2 nitrogen and oxygen atoms in total. The maximum Gasteiger partial charge on any atom is 0.358 e. The van der Waals surface area contributed by atoms with Crippen LogP contribution in [0, 0.1) is 0 Å². The summed E-state index contributed by atoms with van der Waals surface area (Å²) in [5.41, 5.74) is 0.